The maximum Gasteiger partial charge on any atom is 0.244 e. The molecule has 0 aliphatic rings. The fourth-order valence-electron chi connectivity index (χ4n) is 1.52. The standard InChI is InChI=1S/C12H12BrFN6/c1-20(2)12-17-9(18-19-12)6-16-8-4-3-7(5-15)10(13)11(8)14/h3-4,16H,6H2,1-2H3,(H,17,18,19). The van der Waals surface area contributed by atoms with Crippen molar-refractivity contribution >= 4 is 27.6 Å². The second-order valence-electron chi connectivity index (χ2n) is 4.23. The number of hydrogen-bond donors (Lipinski definition) is 2. The van der Waals surface area contributed by atoms with Gasteiger partial charge in [-0.15, -0.1) is 5.10 Å². The molecule has 6 nitrogen and oxygen atoms in total. The van der Waals surface area contributed by atoms with Crippen molar-refractivity contribution in [1.82, 2.24) is 15.2 Å². The summed E-state index contributed by atoms with van der Waals surface area (Å²) < 4.78 is 14.1. The Labute approximate surface area is 123 Å². The molecule has 20 heavy (non-hydrogen) atoms. The fraction of sp³-hybridized carbons (Fsp3) is 0.250. The number of rotatable bonds is 4. The van der Waals surface area contributed by atoms with Crippen LogP contribution in [0.15, 0.2) is 16.6 Å². The number of aromatic nitrogens is 3. The summed E-state index contributed by atoms with van der Waals surface area (Å²) in [5.41, 5.74) is 0.543. The Bertz CT molecular complexity index is 660. The van der Waals surface area contributed by atoms with E-state index < -0.39 is 5.82 Å². The lowest BCUT2D eigenvalue weighted by Crippen LogP contribution is -2.10. The van der Waals surface area contributed by atoms with Gasteiger partial charge in [-0.05, 0) is 28.1 Å². The van der Waals surface area contributed by atoms with E-state index in [0.29, 0.717) is 24.0 Å². The van der Waals surface area contributed by atoms with E-state index in [-0.39, 0.29) is 10.0 Å². The molecule has 1 heterocycles. The van der Waals surface area contributed by atoms with E-state index >= 15 is 0 Å². The number of nitrogens with zero attached hydrogens (tertiary/aromatic N) is 4. The molecule has 2 rings (SSSR count). The van der Waals surface area contributed by atoms with Crippen molar-refractivity contribution in [1.29, 1.82) is 5.26 Å². The molecular weight excluding hydrogens is 327 g/mol. The Morgan fingerprint density at radius 1 is 1.50 bits per heavy atom. The summed E-state index contributed by atoms with van der Waals surface area (Å²) >= 11 is 3.06. The number of hydrogen-bond acceptors (Lipinski definition) is 5. The summed E-state index contributed by atoms with van der Waals surface area (Å²) in [6.45, 7) is 0.302. The molecule has 0 bridgehead atoms. The van der Waals surface area contributed by atoms with E-state index in [4.69, 9.17) is 5.26 Å². The molecule has 0 atom stereocenters. The summed E-state index contributed by atoms with van der Waals surface area (Å²) in [6, 6.07) is 4.96. The molecule has 0 aliphatic heterocycles. The molecule has 1 aromatic carbocycles. The minimum absolute atomic E-state index is 0.150. The van der Waals surface area contributed by atoms with Crippen LogP contribution in [0, 0.1) is 17.1 Å². The van der Waals surface area contributed by atoms with E-state index in [1.54, 1.807) is 11.0 Å². The van der Waals surface area contributed by atoms with Crippen LogP contribution < -0.4 is 10.2 Å². The predicted molar refractivity (Wildman–Crippen MR) is 76.9 cm³/mol. The van der Waals surface area contributed by atoms with Crippen LogP contribution in [0.3, 0.4) is 0 Å². The van der Waals surface area contributed by atoms with Gasteiger partial charge >= 0.3 is 0 Å². The lowest BCUT2D eigenvalue weighted by molar-refractivity contribution is 0.622. The molecule has 0 saturated heterocycles. The third kappa shape index (κ3) is 2.88. The van der Waals surface area contributed by atoms with Crippen LogP contribution in [0.5, 0.6) is 0 Å². The highest BCUT2D eigenvalue weighted by atomic mass is 79.9. The monoisotopic (exact) mass is 338 g/mol. The van der Waals surface area contributed by atoms with Crippen molar-refractivity contribution in [3.8, 4) is 6.07 Å². The molecular formula is C12H12BrFN6. The van der Waals surface area contributed by atoms with E-state index in [1.165, 1.54) is 6.07 Å². The van der Waals surface area contributed by atoms with Crippen molar-refractivity contribution in [2.75, 3.05) is 24.3 Å². The molecule has 0 saturated carbocycles. The summed E-state index contributed by atoms with van der Waals surface area (Å²) in [4.78, 5) is 5.98. The Hall–Kier alpha value is -2.14. The summed E-state index contributed by atoms with van der Waals surface area (Å²) in [6.07, 6.45) is 0. The minimum atomic E-state index is -0.503. The van der Waals surface area contributed by atoms with Gasteiger partial charge in [-0.25, -0.2) is 4.39 Å². The van der Waals surface area contributed by atoms with Gasteiger partial charge in [0, 0.05) is 14.1 Å². The highest BCUT2D eigenvalue weighted by Gasteiger charge is 2.11. The van der Waals surface area contributed by atoms with Gasteiger partial charge in [0.05, 0.1) is 22.3 Å². The molecule has 8 heteroatoms. The van der Waals surface area contributed by atoms with E-state index in [2.05, 4.69) is 36.4 Å². The van der Waals surface area contributed by atoms with Gasteiger partial charge in [0.2, 0.25) is 5.95 Å². The average Bonchev–Trinajstić information content (AvgIpc) is 2.89. The number of aromatic amines is 1. The van der Waals surface area contributed by atoms with Gasteiger partial charge in [-0.2, -0.15) is 10.2 Å². The number of nitriles is 1. The highest BCUT2D eigenvalue weighted by Crippen LogP contribution is 2.26. The number of H-pyrrole nitrogens is 1. The Kier molecular flexibility index (Phi) is 4.20. The molecule has 2 N–H and O–H groups in total. The quantitative estimate of drug-likeness (QED) is 0.893. The van der Waals surface area contributed by atoms with E-state index in [1.807, 2.05) is 20.2 Å². The Balaban J connectivity index is 2.11. The first-order valence-corrected chi connectivity index (χ1v) is 6.52. The number of halogens is 2. The topological polar surface area (TPSA) is 80.6 Å². The third-order valence-corrected chi connectivity index (χ3v) is 3.34. The zero-order chi connectivity index (χ0) is 14.7. The van der Waals surface area contributed by atoms with Crippen molar-refractivity contribution in [2.24, 2.45) is 0 Å². The van der Waals surface area contributed by atoms with Crippen LogP contribution in [-0.2, 0) is 6.54 Å². The first kappa shape index (κ1) is 14.3. The summed E-state index contributed by atoms with van der Waals surface area (Å²) in [5.74, 6) is 0.647. The van der Waals surface area contributed by atoms with E-state index in [9.17, 15) is 4.39 Å². The summed E-state index contributed by atoms with van der Waals surface area (Å²) in [5, 5.41) is 18.5. The van der Waals surface area contributed by atoms with Crippen LogP contribution in [0.2, 0.25) is 0 Å². The largest absolute Gasteiger partial charge is 0.375 e. The zero-order valence-electron chi connectivity index (χ0n) is 10.9. The SMILES string of the molecule is CN(C)c1n[nH]c(CNc2ccc(C#N)c(Br)c2F)n1. The number of benzene rings is 1. The van der Waals surface area contributed by atoms with Crippen LogP contribution in [0.25, 0.3) is 0 Å². The third-order valence-electron chi connectivity index (χ3n) is 2.57. The van der Waals surface area contributed by atoms with Crippen LogP contribution in [-0.4, -0.2) is 29.3 Å². The molecule has 0 spiro atoms. The van der Waals surface area contributed by atoms with Gasteiger partial charge in [0.1, 0.15) is 11.9 Å². The molecule has 0 aliphatic carbocycles. The first-order chi connectivity index (χ1) is 9.52. The van der Waals surface area contributed by atoms with Gasteiger partial charge < -0.3 is 10.2 Å². The maximum atomic E-state index is 14.0. The van der Waals surface area contributed by atoms with Crippen molar-refractivity contribution in [2.45, 2.75) is 6.54 Å². The molecule has 2 aromatic rings. The average molecular weight is 339 g/mol. The fourth-order valence-corrected chi connectivity index (χ4v) is 1.95. The van der Waals surface area contributed by atoms with Crippen LogP contribution in [0.1, 0.15) is 11.4 Å². The Morgan fingerprint density at radius 2 is 2.25 bits per heavy atom. The Morgan fingerprint density at radius 3 is 2.85 bits per heavy atom. The second-order valence-corrected chi connectivity index (χ2v) is 5.02. The molecule has 0 fully saturated rings. The zero-order valence-corrected chi connectivity index (χ0v) is 12.5. The minimum Gasteiger partial charge on any atom is -0.375 e. The van der Waals surface area contributed by atoms with Crippen LogP contribution in [0.4, 0.5) is 16.0 Å². The van der Waals surface area contributed by atoms with Crippen LogP contribution >= 0.6 is 15.9 Å². The molecule has 104 valence electrons. The summed E-state index contributed by atoms with van der Waals surface area (Å²) in [7, 11) is 3.66. The highest BCUT2D eigenvalue weighted by molar-refractivity contribution is 9.10. The molecule has 0 amide bonds. The maximum absolute atomic E-state index is 14.0. The number of anilines is 2. The smallest absolute Gasteiger partial charge is 0.244 e. The first-order valence-electron chi connectivity index (χ1n) is 5.73. The second kappa shape index (κ2) is 5.88. The number of nitrogens with one attached hydrogen (secondary N) is 2. The lowest BCUT2D eigenvalue weighted by atomic mass is 10.2. The van der Waals surface area contributed by atoms with Crippen molar-refractivity contribution < 1.29 is 4.39 Å². The molecule has 1 aromatic heterocycles. The van der Waals surface area contributed by atoms with Gasteiger partial charge in [-0.3, -0.25) is 5.10 Å². The van der Waals surface area contributed by atoms with Crippen molar-refractivity contribution in [3.05, 3.63) is 33.8 Å². The predicted octanol–water partition coefficient (Wildman–Crippen LogP) is 2.26. The van der Waals surface area contributed by atoms with Gasteiger partial charge in [-0.1, -0.05) is 0 Å². The molecule has 0 unspecified atom stereocenters. The van der Waals surface area contributed by atoms with Gasteiger partial charge in [0.25, 0.3) is 0 Å². The lowest BCUT2D eigenvalue weighted by Gasteiger charge is -2.08. The normalized spacial score (nSPS) is 10.2. The van der Waals surface area contributed by atoms with Crippen molar-refractivity contribution in [3.63, 3.8) is 0 Å². The van der Waals surface area contributed by atoms with Gasteiger partial charge in [0.15, 0.2) is 5.82 Å². The molecule has 0 radical (unpaired) electrons. The van der Waals surface area contributed by atoms with E-state index in [0.717, 1.165) is 0 Å².